The molecule has 7 heteroatoms. The predicted molar refractivity (Wildman–Crippen MR) is 104 cm³/mol. The second kappa shape index (κ2) is 8.21. The standard InChI is InChI=1S/C22H17F3O3S/c1-14-10-12-16(13-11-14)29(27)20-9-4-3-6-17(20)21-18(22(23,24)25)7-5-8-19(21)28-15(2)26/h3-13H,1-2H3/t29-/m0/s1. The Morgan fingerprint density at radius 1 is 0.931 bits per heavy atom. The first kappa shape index (κ1) is 20.8. The summed E-state index contributed by atoms with van der Waals surface area (Å²) in [6.07, 6.45) is -4.69. The number of halogens is 3. The van der Waals surface area contributed by atoms with Crippen LogP contribution >= 0.6 is 0 Å². The summed E-state index contributed by atoms with van der Waals surface area (Å²) in [4.78, 5) is 12.1. The fourth-order valence-electron chi connectivity index (χ4n) is 2.91. The lowest BCUT2D eigenvalue weighted by Gasteiger charge is -2.18. The lowest BCUT2D eigenvalue weighted by Crippen LogP contribution is -2.11. The first-order valence-electron chi connectivity index (χ1n) is 8.65. The molecule has 0 aromatic heterocycles. The molecule has 0 N–H and O–H groups in total. The van der Waals surface area contributed by atoms with E-state index in [0.29, 0.717) is 4.90 Å². The van der Waals surface area contributed by atoms with Crippen molar-refractivity contribution in [3.05, 3.63) is 77.9 Å². The third kappa shape index (κ3) is 4.56. The van der Waals surface area contributed by atoms with Crippen LogP contribution in [0.4, 0.5) is 13.2 Å². The molecule has 0 spiro atoms. The molecule has 29 heavy (non-hydrogen) atoms. The molecule has 0 aliphatic rings. The molecule has 3 aromatic carbocycles. The van der Waals surface area contributed by atoms with E-state index in [2.05, 4.69) is 0 Å². The van der Waals surface area contributed by atoms with Gasteiger partial charge in [-0.2, -0.15) is 13.2 Å². The third-order valence-electron chi connectivity index (χ3n) is 4.18. The van der Waals surface area contributed by atoms with Gasteiger partial charge in [-0.05, 0) is 37.3 Å². The van der Waals surface area contributed by atoms with Crippen LogP contribution in [0.15, 0.2) is 76.5 Å². The predicted octanol–water partition coefficient (Wildman–Crippen LogP) is 5.77. The van der Waals surface area contributed by atoms with E-state index in [-0.39, 0.29) is 21.8 Å². The molecule has 0 saturated heterocycles. The number of hydrogen-bond donors (Lipinski definition) is 0. The number of ether oxygens (including phenoxy) is 1. The highest BCUT2D eigenvalue weighted by molar-refractivity contribution is 7.85. The van der Waals surface area contributed by atoms with Gasteiger partial charge in [-0.25, -0.2) is 4.21 Å². The smallest absolute Gasteiger partial charge is 0.417 e. The molecule has 0 amide bonds. The Labute approximate surface area is 168 Å². The Kier molecular flexibility index (Phi) is 5.88. The molecule has 150 valence electrons. The van der Waals surface area contributed by atoms with Crippen LogP contribution in [0.2, 0.25) is 0 Å². The Morgan fingerprint density at radius 3 is 2.21 bits per heavy atom. The van der Waals surface area contributed by atoms with Crippen molar-refractivity contribution in [3.63, 3.8) is 0 Å². The summed E-state index contributed by atoms with van der Waals surface area (Å²) in [5.74, 6) is -0.983. The zero-order valence-corrected chi connectivity index (χ0v) is 16.4. The van der Waals surface area contributed by atoms with Gasteiger partial charge in [-0.1, -0.05) is 42.0 Å². The van der Waals surface area contributed by atoms with Crippen LogP contribution in [0.5, 0.6) is 5.75 Å². The minimum Gasteiger partial charge on any atom is -0.426 e. The van der Waals surface area contributed by atoms with E-state index in [0.717, 1.165) is 18.6 Å². The second-order valence-corrected chi connectivity index (χ2v) is 7.80. The minimum atomic E-state index is -4.69. The van der Waals surface area contributed by atoms with Crippen molar-refractivity contribution in [2.75, 3.05) is 0 Å². The Bertz CT molecular complexity index is 1070. The topological polar surface area (TPSA) is 43.4 Å². The maximum absolute atomic E-state index is 13.7. The number of hydrogen-bond acceptors (Lipinski definition) is 3. The highest BCUT2D eigenvalue weighted by Crippen LogP contribution is 2.44. The largest absolute Gasteiger partial charge is 0.426 e. The molecule has 0 radical (unpaired) electrons. The summed E-state index contributed by atoms with van der Waals surface area (Å²) in [5, 5.41) is 0. The SMILES string of the molecule is CC(=O)Oc1cccc(C(F)(F)F)c1-c1ccccc1[S@@](=O)c1ccc(C)cc1. The van der Waals surface area contributed by atoms with Gasteiger partial charge in [0.1, 0.15) is 5.75 Å². The lowest BCUT2D eigenvalue weighted by molar-refractivity contribution is -0.138. The number of carbonyl (C=O) groups is 1. The zero-order valence-electron chi connectivity index (χ0n) is 15.6. The molecule has 0 aliphatic carbocycles. The van der Waals surface area contributed by atoms with Gasteiger partial charge < -0.3 is 4.74 Å². The highest BCUT2D eigenvalue weighted by atomic mass is 32.2. The molecule has 0 unspecified atom stereocenters. The van der Waals surface area contributed by atoms with Gasteiger partial charge in [0, 0.05) is 22.9 Å². The van der Waals surface area contributed by atoms with Crippen LogP contribution in [-0.4, -0.2) is 10.2 Å². The molecular formula is C22H17F3O3S. The number of carbonyl (C=O) groups excluding carboxylic acids is 1. The third-order valence-corrected chi connectivity index (χ3v) is 5.63. The van der Waals surface area contributed by atoms with Crippen molar-refractivity contribution >= 4 is 16.8 Å². The van der Waals surface area contributed by atoms with E-state index in [1.807, 2.05) is 6.92 Å². The molecular weight excluding hydrogens is 401 g/mol. The van der Waals surface area contributed by atoms with Crippen LogP contribution in [0, 0.1) is 6.92 Å². The van der Waals surface area contributed by atoms with Crippen molar-refractivity contribution in [2.45, 2.75) is 29.8 Å². The van der Waals surface area contributed by atoms with Crippen LogP contribution in [-0.2, 0) is 21.8 Å². The van der Waals surface area contributed by atoms with Gasteiger partial charge in [-0.3, -0.25) is 4.79 Å². The Morgan fingerprint density at radius 2 is 1.59 bits per heavy atom. The quantitative estimate of drug-likeness (QED) is 0.399. The van der Waals surface area contributed by atoms with Gasteiger partial charge in [0.15, 0.2) is 0 Å². The fourth-order valence-corrected chi connectivity index (χ4v) is 4.12. The highest BCUT2D eigenvalue weighted by Gasteiger charge is 2.36. The molecule has 1 atom stereocenters. The van der Waals surface area contributed by atoms with Crippen LogP contribution in [0.3, 0.4) is 0 Å². The number of esters is 1. The molecule has 3 nitrogen and oxygen atoms in total. The van der Waals surface area contributed by atoms with E-state index >= 15 is 0 Å². The van der Waals surface area contributed by atoms with Gasteiger partial charge in [0.05, 0.1) is 21.3 Å². The molecule has 0 saturated carbocycles. The summed E-state index contributed by atoms with van der Waals surface area (Å²) in [6, 6.07) is 16.4. The maximum atomic E-state index is 13.7. The van der Waals surface area contributed by atoms with E-state index in [4.69, 9.17) is 4.74 Å². The van der Waals surface area contributed by atoms with Gasteiger partial charge in [-0.15, -0.1) is 0 Å². The average Bonchev–Trinajstić information content (AvgIpc) is 2.67. The number of aryl methyl sites for hydroxylation is 1. The van der Waals surface area contributed by atoms with E-state index in [9.17, 15) is 22.2 Å². The maximum Gasteiger partial charge on any atom is 0.417 e. The summed E-state index contributed by atoms with van der Waals surface area (Å²) in [5.41, 5.74) is -0.218. The molecule has 0 heterocycles. The lowest BCUT2D eigenvalue weighted by atomic mass is 9.98. The molecule has 3 aromatic rings. The van der Waals surface area contributed by atoms with E-state index in [1.165, 1.54) is 24.3 Å². The molecule has 0 aliphatic heterocycles. The van der Waals surface area contributed by atoms with Crippen molar-refractivity contribution < 1.29 is 26.9 Å². The minimum absolute atomic E-state index is 0.0931. The van der Waals surface area contributed by atoms with E-state index in [1.54, 1.807) is 36.4 Å². The number of rotatable bonds is 4. The first-order valence-corrected chi connectivity index (χ1v) is 9.80. The van der Waals surface area contributed by atoms with Gasteiger partial charge >= 0.3 is 12.1 Å². The van der Waals surface area contributed by atoms with Crippen molar-refractivity contribution in [2.24, 2.45) is 0 Å². The monoisotopic (exact) mass is 418 g/mol. The van der Waals surface area contributed by atoms with Gasteiger partial charge in [0.2, 0.25) is 0 Å². The Hall–Kier alpha value is -2.93. The van der Waals surface area contributed by atoms with Crippen LogP contribution in [0.1, 0.15) is 18.1 Å². The molecule has 0 bridgehead atoms. The molecule has 3 rings (SSSR count). The van der Waals surface area contributed by atoms with Crippen LogP contribution in [0.25, 0.3) is 11.1 Å². The number of alkyl halides is 3. The zero-order chi connectivity index (χ0) is 21.2. The number of benzene rings is 3. The van der Waals surface area contributed by atoms with Crippen molar-refractivity contribution in [1.82, 2.24) is 0 Å². The fraction of sp³-hybridized carbons (Fsp3) is 0.136. The first-order chi connectivity index (χ1) is 13.7. The van der Waals surface area contributed by atoms with E-state index < -0.39 is 28.5 Å². The van der Waals surface area contributed by atoms with Crippen LogP contribution < -0.4 is 4.74 Å². The summed E-state index contributed by atoms with van der Waals surface area (Å²) in [6.45, 7) is 2.99. The average molecular weight is 418 g/mol. The second-order valence-electron chi connectivity index (χ2n) is 6.35. The molecule has 0 fully saturated rings. The summed E-state index contributed by atoms with van der Waals surface area (Å²) >= 11 is 0. The normalized spacial score (nSPS) is 12.4. The van der Waals surface area contributed by atoms with Gasteiger partial charge in [0.25, 0.3) is 0 Å². The Balaban J connectivity index is 2.25. The summed E-state index contributed by atoms with van der Waals surface area (Å²) < 4.78 is 59.4. The van der Waals surface area contributed by atoms with Crippen molar-refractivity contribution in [1.29, 1.82) is 0 Å². The van der Waals surface area contributed by atoms with Crippen molar-refractivity contribution in [3.8, 4) is 16.9 Å². The summed E-state index contributed by atoms with van der Waals surface area (Å²) in [7, 11) is -1.73.